The Morgan fingerprint density at radius 2 is 2.12 bits per heavy atom. The van der Waals surface area contributed by atoms with Crippen LogP contribution in [0.2, 0.25) is 0 Å². The number of hydrogen-bond donors (Lipinski definition) is 2. The number of hydrogen-bond acceptors (Lipinski definition) is 4. The third-order valence-electron chi connectivity index (χ3n) is 3.40. The number of rotatable bonds is 5. The van der Waals surface area contributed by atoms with Crippen LogP contribution in [0.25, 0.3) is 0 Å². The summed E-state index contributed by atoms with van der Waals surface area (Å²) in [7, 11) is -3.58. The van der Waals surface area contributed by atoms with Crippen molar-refractivity contribution in [3.05, 3.63) is 0 Å². The zero-order valence-corrected chi connectivity index (χ0v) is 10.3. The molecule has 0 bridgehead atoms. The number of carbonyl (C=O) groups is 1. The van der Waals surface area contributed by atoms with E-state index in [0.29, 0.717) is 19.4 Å². The average molecular weight is 263 g/mol. The van der Waals surface area contributed by atoms with Crippen LogP contribution in [0.1, 0.15) is 32.1 Å². The van der Waals surface area contributed by atoms with Crippen LogP contribution in [0.3, 0.4) is 0 Å². The predicted octanol–water partition coefficient (Wildman–Crippen LogP) is 0.0921. The molecule has 7 heteroatoms. The molecule has 1 heterocycles. The van der Waals surface area contributed by atoms with Crippen LogP contribution in [0, 0.1) is 0 Å². The molecule has 0 radical (unpaired) electrons. The molecular formula is C10H17NO5S. The van der Waals surface area contributed by atoms with Gasteiger partial charge in [0, 0.05) is 6.61 Å². The van der Waals surface area contributed by atoms with Gasteiger partial charge in [0.05, 0.1) is 11.9 Å². The van der Waals surface area contributed by atoms with E-state index >= 15 is 0 Å². The van der Waals surface area contributed by atoms with E-state index in [1.807, 2.05) is 0 Å². The Morgan fingerprint density at radius 3 is 2.53 bits per heavy atom. The molecule has 1 aliphatic heterocycles. The Morgan fingerprint density at radius 1 is 1.41 bits per heavy atom. The molecule has 0 amide bonds. The molecule has 1 atom stereocenters. The maximum Gasteiger partial charge on any atom is 0.324 e. The molecule has 2 aliphatic rings. The van der Waals surface area contributed by atoms with Crippen LogP contribution in [0.15, 0.2) is 0 Å². The first-order chi connectivity index (χ1) is 7.94. The maximum absolute atomic E-state index is 11.8. The summed E-state index contributed by atoms with van der Waals surface area (Å²) in [5.74, 6) is -1.22. The van der Waals surface area contributed by atoms with E-state index in [0.717, 1.165) is 19.3 Å². The largest absolute Gasteiger partial charge is 0.480 e. The van der Waals surface area contributed by atoms with E-state index in [4.69, 9.17) is 9.84 Å². The minimum atomic E-state index is -3.58. The molecule has 0 spiro atoms. The van der Waals surface area contributed by atoms with Gasteiger partial charge in [0.1, 0.15) is 5.54 Å². The summed E-state index contributed by atoms with van der Waals surface area (Å²) < 4.78 is 31.3. The highest BCUT2D eigenvalue weighted by Crippen LogP contribution is 2.33. The molecule has 6 nitrogen and oxygen atoms in total. The highest BCUT2D eigenvalue weighted by molar-refractivity contribution is 7.89. The van der Waals surface area contributed by atoms with Crippen molar-refractivity contribution in [3.8, 4) is 0 Å². The molecule has 1 unspecified atom stereocenters. The topological polar surface area (TPSA) is 92.7 Å². The molecule has 1 saturated heterocycles. The lowest BCUT2D eigenvalue weighted by Crippen LogP contribution is -2.59. The summed E-state index contributed by atoms with van der Waals surface area (Å²) in [4.78, 5) is 11.1. The second-order valence-electron chi connectivity index (χ2n) is 4.76. The van der Waals surface area contributed by atoms with Gasteiger partial charge in [-0.05, 0) is 32.1 Å². The number of ether oxygens (including phenoxy) is 1. The second-order valence-corrected chi connectivity index (χ2v) is 6.53. The molecule has 17 heavy (non-hydrogen) atoms. The standard InChI is InChI=1S/C10H17NO5S/c12-9(13)10(4-2-5-10)11-17(14,15)7-8-3-1-6-16-8/h8,11H,1-7H2,(H,12,13). The minimum Gasteiger partial charge on any atom is -0.480 e. The Balaban J connectivity index is 1.98. The Hall–Kier alpha value is -0.660. The van der Waals surface area contributed by atoms with Crippen molar-refractivity contribution >= 4 is 16.0 Å². The van der Waals surface area contributed by atoms with Gasteiger partial charge in [-0.3, -0.25) is 4.79 Å². The fraction of sp³-hybridized carbons (Fsp3) is 0.900. The molecule has 0 aromatic rings. The summed E-state index contributed by atoms with van der Waals surface area (Å²) in [5.41, 5.74) is -1.27. The quantitative estimate of drug-likeness (QED) is 0.733. The number of aliphatic carboxylic acids is 1. The first-order valence-corrected chi connectivity index (χ1v) is 7.45. The SMILES string of the molecule is O=C(O)C1(NS(=O)(=O)CC2CCCO2)CCC1. The summed E-state index contributed by atoms with van der Waals surface area (Å²) >= 11 is 0. The van der Waals surface area contributed by atoms with E-state index in [1.165, 1.54) is 0 Å². The van der Waals surface area contributed by atoms with Crippen LogP contribution in [0.5, 0.6) is 0 Å². The maximum atomic E-state index is 11.8. The number of carboxylic acid groups (broad SMARTS) is 1. The number of carboxylic acids is 1. The molecule has 0 aromatic carbocycles. The monoisotopic (exact) mass is 263 g/mol. The van der Waals surface area contributed by atoms with Gasteiger partial charge in [-0.15, -0.1) is 0 Å². The number of nitrogens with one attached hydrogen (secondary N) is 1. The lowest BCUT2D eigenvalue weighted by Gasteiger charge is -2.37. The highest BCUT2D eigenvalue weighted by atomic mass is 32.2. The summed E-state index contributed by atoms with van der Waals surface area (Å²) in [6.45, 7) is 0.588. The van der Waals surface area contributed by atoms with Gasteiger partial charge in [-0.1, -0.05) is 0 Å². The molecule has 1 saturated carbocycles. The molecule has 0 aromatic heterocycles. The lowest BCUT2D eigenvalue weighted by atomic mass is 9.78. The van der Waals surface area contributed by atoms with Crippen LogP contribution in [-0.2, 0) is 19.6 Å². The molecule has 1 aliphatic carbocycles. The van der Waals surface area contributed by atoms with E-state index in [9.17, 15) is 13.2 Å². The highest BCUT2D eigenvalue weighted by Gasteiger charge is 2.47. The fourth-order valence-corrected chi connectivity index (χ4v) is 3.97. The van der Waals surface area contributed by atoms with Crippen molar-refractivity contribution < 1.29 is 23.1 Å². The van der Waals surface area contributed by atoms with Crippen LogP contribution >= 0.6 is 0 Å². The number of sulfonamides is 1. The summed E-state index contributed by atoms with van der Waals surface area (Å²) in [6, 6.07) is 0. The third-order valence-corrected chi connectivity index (χ3v) is 4.91. The van der Waals surface area contributed by atoms with Crippen LogP contribution in [-0.4, -0.2) is 43.5 Å². The Labute approximate surface area is 100 Å². The van der Waals surface area contributed by atoms with Crippen molar-refractivity contribution in [1.82, 2.24) is 4.72 Å². The molecule has 2 rings (SSSR count). The van der Waals surface area contributed by atoms with Gasteiger partial charge < -0.3 is 9.84 Å². The van der Waals surface area contributed by atoms with Crippen molar-refractivity contribution in [2.45, 2.75) is 43.7 Å². The van der Waals surface area contributed by atoms with E-state index in [1.54, 1.807) is 0 Å². The Kier molecular flexibility index (Phi) is 3.42. The minimum absolute atomic E-state index is 0.137. The molecular weight excluding hydrogens is 246 g/mol. The second kappa shape index (κ2) is 4.55. The molecule has 2 N–H and O–H groups in total. The fourth-order valence-electron chi connectivity index (χ4n) is 2.25. The van der Waals surface area contributed by atoms with E-state index in [2.05, 4.69) is 4.72 Å². The molecule has 98 valence electrons. The zero-order chi connectivity index (χ0) is 12.5. The van der Waals surface area contributed by atoms with Crippen molar-refractivity contribution in [3.63, 3.8) is 0 Å². The predicted molar refractivity (Wildman–Crippen MR) is 60.1 cm³/mol. The van der Waals surface area contributed by atoms with Gasteiger partial charge in [0.2, 0.25) is 10.0 Å². The van der Waals surface area contributed by atoms with Crippen LogP contribution in [0.4, 0.5) is 0 Å². The summed E-state index contributed by atoms with van der Waals surface area (Å²) in [5, 5.41) is 9.05. The lowest BCUT2D eigenvalue weighted by molar-refractivity contribution is -0.147. The van der Waals surface area contributed by atoms with Gasteiger partial charge >= 0.3 is 5.97 Å². The van der Waals surface area contributed by atoms with E-state index in [-0.39, 0.29) is 11.9 Å². The van der Waals surface area contributed by atoms with Crippen molar-refractivity contribution in [2.24, 2.45) is 0 Å². The first-order valence-electron chi connectivity index (χ1n) is 5.80. The zero-order valence-electron chi connectivity index (χ0n) is 9.52. The van der Waals surface area contributed by atoms with Crippen molar-refractivity contribution in [2.75, 3.05) is 12.4 Å². The van der Waals surface area contributed by atoms with Gasteiger partial charge in [0.25, 0.3) is 0 Å². The summed E-state index contributed by atoms with van der Waals surface area (Å²) in [6.07, 6.45) is 2.78. The smallest absolute Gasteiger partial charge is 0.324 e. The molecule has 2 fully saturated rings. The Bertz CT molecular complexity index is 395. The van der Waals surface area contributed by atoms with E-state index < -0.39 is 21.5 Å². The third kappa shape index (κ3) is 2.78. The average Bonchev–Trinajstić information content (AvgIpc) is 2.62. The van der Waals surface area contributed by atoms with Gasteiger partial charge in [-0.25, -0.2) is 8.42 Å². The normalized spacial score (nSPS) is 27.6. The van der Waals surface area contributed by atoms with Gasteiger partial charge in [0.15, 0.2) is 0 Å². The van der Waals surface area contributed by atoms with Crippen LogP contribution < -0.4 is 4.72 Å². The van der Waals surface area contributed by atoms with Gasteiger partial charge in [-0.2, -0.15) is 4.72 Å². The van der Waals surface area contributed by atoms with Crippen molar-refractivity contribution in [1.29, 1.82) is 0 Å². The first kappa shape index (κ1) is 12.8.